The topological polar surface area (TPSA) is 86.1 Å². The first-order valence-electron chi connectivity index (χ1n) is 11.1. The van der Waals surface area contributed by atoms with Crippen molar-refractivity contribution in [3.63, 3.8) is 0 Å². The number of rotatable bonds is 7. The summed E-state index contributed by atoms with van der Waals surface area (Å²) in [5, 5.41) is 12.6. The maximum absolute atomic E-state index is 12.9. The van der Waals surface area contributed by atoms with Gasteiger partial charge in [-0.25, -0.2) is 4.79 Å². The minimum absolute atomic E-state index is 0.155. The molecule has 1 aliphatic carbocycles. The number of nitrogens with one attached hydrogen (secondary N) is 1. The Morgan fingerprint density at radius 2 is 2.03 bits per heavy atom. The first-order chi connectivity index (χ1) is 15.8. The van der Waals surface area contributed by atoms with Crippen molar-refractivity contribution in [3.8, 4) is 5.69 Å². The van der Waals surface area contributed by atoms with Crippen LogP contribution < -0.4 is 5.32 Å². The predicted molar refractivity (Wildman–Crippen MR) is 132 cm³/mol. The standard InChI is InChI=1S/C24H28N4O3S2/c1-14(2)31-23(30)21-18-11-10-15(3)12-19(18)33-22(21)25-20(29)13-32-24-27-26-16(4)28(24)17-8-6-5-7-9-17/h5-9,14-15H,10-13H2,1-4H3,(H,25,29). The summed E-state index contributed by atoms with van der Waals surface area (Å²) in [4.78, 5) is 26.9. The zero-order chi connectivity index (χ0) is 23.5. The lowest BCUT2D eigenvalue weighted by molar-refractivity contribution is -0.113. The fraction of sp³-hybridized carbons (Fsp3) is 0.417. The maximum atomic E-state index is 12.9. The molecule has 1 N–H and O–H groups in total. The second-order valence-corrected chi connectivity index (χ2v) is 10.6. The number of para-hydroxylation sites is 1. The third-order valence-corrected chi connectivity index (χ3v) is 7.55. The maximum Gasteiger partial charge on any atom is 0.341 e. The largest absolute Gasteiger partial charge is 0.459 e. The molecule has 0 radical (unpaired) electrons. The van der Waals surface area contributed by atoms with Gasteiger partial charge in [-0.05, 0) is 63.6 Å². The van der Waals surface area contributed by atoms with Crippen molar-refractivity contribution >= 4 is 40.0 Å². The van der Waals surface area contributed by atoms with E-state index in [0.29, 0.717) is 21.6 Å². The molecular weight excluding hydrogens is 456 g/mol. The Balaban J connectivity index is 1.51. The van der Waals surface area contributed by atoms with E-state index in [1.165, 1.54) is 28.0 Å². The van der Waals surface area contributed by atoms with Gasteiger partial charge in [0.25, 0.3) is 0 Å². The molecule has 1 unspecified atom stereocenters. The summed E-state index contributed by atoms with van der Waals surface area (Å²) in [5.74, 6) is 0.924. The molecule has 2 heterocycles. The SMILES string of the molecule is Cc1nnc(SCC(=O)Nc2sc3c(c2C(=O)OC(C)C)CCC(C)C3)n1-c1ccccc1. The number of thioether (sulfide) groups is 1. The van der Waals surface area contributed by atoms with Crippen molar-refractivity contribution in [1.82, 2.24) is 14.8 Å². The van der Waals surface area contributed by atoms with Gasteiger partial charge in [0, 0.05) is 10.6 Å². The van der Waals surface area contributed by atoms with Gasteiger partial charge >= 0.3 is 5.97 Å². The molecule has 2 aromatic heterocycles. The van der Waals surface area contributed by atoms with E-state index in [0.717, 1.165) is 36.3 Å². The van der Waals surface area contributed by atoms with Crippen LogP contribution >= 0.6 is 23.1 Å². The molecule has 0 fully saturated rings. The lowest BCUT2D eigenvalue weighted by Crippen LogP contribution is -2.19. The van der Waals surface area contributed by atoms with Gasteiger partial charge in [0.1, 0.15) is 10.8 Å². The van der Waals surface area contributed by atoms with Gasteiger partial charge < -0.3 is 10.1 Å². The summed E-state index contributed by atoms with van der Waals surface area (Å²) in [5.41, 5.74) is 2.50. The number of hydrogen-bond donors (Lipinski definition) is 1. The Bertz CT molecular complexity index is 1150. The lowest BCUT2D eigenvalue weighted by Gasteiger charge is -2.18. The summed E-state index contributed by atoms with van der Waals surface area (Å²) in [6.45, 7) is 7.76. The Labute approximate surface area is 201 Å². The molecule has 9 heteroatoms. The van der Waals surface area contributed by atoms with Gasteiger partial charge in [0.2, 0.25) is 5.91 Å². The third-order valence-electron chi connectivity index (χ3n) is 5.45. The molecule has 1 atom stereocenters. The number of anilines is 1. The minimum Gasteiger partial charge on any atom is -0.459 e. The number of benzene rings is 1. The van der Waals surface area contributed by atoms with Gasteiger partial charge in [-0.3, -0.25) is 9.36 Å². The van der Waals surface area contributed by atoms with Gasteiger partial charge in [-0.2, -0.15) is 0 Å². The normalized spacial score (nSPS) is 15.4. The monoisotopic (exact) mass is 484 g/mol. The van der Waals surface area contributed by atoms with E-state index in [4.69, 9.17) is 4.74 Å². The number of aryl methyl sites for hydroxylation is 1. The predicted octanol–water partition coefficient (Wildman–Crippen LogP) is 5.06. The van der Waals surface area contributed by atoms with E-state index in [1.807, 2.05) is 55.7 Å². The van der Waals surface area contributed by atoms with Crippen LogP contribution in [0.2, 0.25) is 0 Å². The molecule has 1 aromatic carbocycles. The lowest BCUT2D eigenvalue weighted by atomic mass is 9.88. The molecule has 0 saturated heterocycles. The van der Waals surface area contributed by atoms with E-state index >= 15 is 0 Å². The van der Waals surface area contributed by atoms with Crippen molar-refractivity contribution in [2.75, 3.05) is 11.1 Å². The van der Waals surface area contributed by atoms with Crippen LogP contribution in [0.3, 0.4) is 0 Å². The Hall–Kier alpha value is -2.65. The van der Waals surface area contributed by atoms with Crippen LogP contribution in [0, 0.1) is 12.8 Å². The highest BCUT2D eigenvalue weighted by molar-refractivity contribution is 7.99. The third kappa shape index (κ3) is 5.30. The van der Waals surface area contributed by atoms with Crippen molar-refractivity contribution in [3.05, 3.63) is 52.2 Å². The van der Waals surface area contributed by atoms with Gasteiger partial charge in [0.05, 0.1) is 17.4 Å². The number of thiophene rings is 1. The number of aromatic nitrogens is 3. The second kappa shape index (κ2) is 10.1. The van der Waals surface area contributed by atoms with E-state index in [2.05, 4.69) is 22.4 Å². The molecule has 0 aliphatic heterocycles. The van der Waals surface area contributed by atoms with E-state index in [-0.39, 0.29) is 23.7 Å². The average Bonchev–Trinajstić information content (AvgIpc) is 3.31. The van der Waals surface area contributed by atoms with Crippen LogP contribution in [0.25, 0.3) is 5.69 Å². The molecule has 3 aromatic rings. The van der Waals surface area contributed by atoms with E-state index < -0.39 is 0 Å². The molecule has 1 aliphatic rings. The Morgan fingerprint density at radius 1 is 1.27 bits per heavy atom. The number of nitrogens with zero attached hydrogens (tertiary/aromatic N) is 3. The smallest absolute Gasteiger partial charge is 0.341 e. The highest BCUT2D eigenvalue weighted by Gasteiger charge is 2.29. The zero-order valence-corrected chi connectivity index (χ0v) is 20.9. The van der Waals surface area contributed by atoms with Crippen LogP contribution in [0.1, 0.15) is 53.8 Å². The van der Waals surface area contributed by atoms with Crippen LogP contribution in [0.15, 0.2) is 35.5 Å². The van der Waals surface area contributed by atoms with Crippen LogP contribution in [0.5, 0.6) is 0 Å². The fourth-order valence-corrected chi connectivity index (χ4v) is 6.14. The van der Waals surface area contributed by atoms with Gasteiger partial charge in [0.15, 0.2) is 5.16 Å². The van der Waals surface area contributed by atoms with Crippen LogP contribution in [-0.2, 0) is 22.4 Å². The molecular formula is C24H28N4O3S2. The summed E-state index contributed by atoms with van der Waals surface area (Å²) in [6.07, 6.45) is 2.57. The number of ether oxygens (including phenoxy) is 1. The number of hydrogen-bond acceptors (Lipinski definition) is 7. The Kier molecular flexibility index (Phi) is 7.19. The molecule has 174 valence electrons. The van der Waals surface area contributed by atoms with Gasteiger partial charge in [-0.15, -0.1) is 21.5 Å². The summed E-state index contributed by atoms with van der Waals surface area (Å²) < 4.78 is 7.42. The summed E-state index contributed by atoms with van der Waals surface area (Å²) >= 11 is 2.82. The highest BCUT2D eigenvalue weighted by Crippen LogP contribution is 2.40. The van der Waals surface area contributed by atoms with Crippen molar-refractivity contribution in [1.29, 1.82) is 0 Å². The van der Waals surface area contributed by atoms with E-state index in [1.54, 1.807) is 0 Å². The molecule has 0 spiro atoms. The number of carbonyl (C=O) groups excluding carboxylic acids is 2. The second-order valence-electron chi connectivity index (χ2n) is 8.55. The molecule has 0 saturated carbocycles. The summed E-state index contributed by atoms with van der Waals surface area (Å²) in [6, 6.07) is 9.81. The van der Waals surface area contributed by atoms with Crippen molar-refractivity contribution in [2.45, 2.75) is 58.2 Å². The molecule has 1 amide bonds. The highest BCUT2D eigenvalue weighted by atomic mass is 32.2. The van der Waals surface area contributed by atoms with Gasteiger partial charge in [-0.1, -0.05) is 36.9 Å². The minimum atomic E-state index is -0.362. The molecule has 4 rings (SSSR count). The van der Waals surface area contributed by atoms with Crippen LogP contribution in [-0.4, -0.2) is 38.5 Å². The first kappa shape index (κ1) is 23.5. The van der Waals surface area contributed by atoms with Crippen molar-refractivity contribution < 1.29 is 14.3 Å². The van der Waals surface area contributed by atoms with E-state index in [9.17, 15) is 9.59 Å². The zero-order valence-electron chi connectivity index (χ0n) is 19.3. The summed E-state index contributed by atoms with van der Waals surface area (Å²) in [7, 11) is 0. The number of amides is 1. The first-order valence-corrected chi connectivity index (χ1v) is 12.9. The molecule has 33 heavy (non-hydrogen) atoms. The molecule has 7 nitrogen and oxygen atoms in total. The number of carbonyl (C=O) groups is 2. The number of esters is 1. The van der Waals surface area contributed by atoms with Crippen molar-refractivity contribution in [2.24, 2.45) is 5.92 Å². The fourth-order valence-electron chi connectivity index (χ4n) is 3.93. The molecule has 0 bridgehead atoms. The number of fused-ring (bicyclic) bond motifs is 1. The average molecular weight is 485 g/mol. The Morgan fingerprint density at radius 3 is 2.76 bits per heavy atom. The quantitative estimate of drug-likeness (QED) is 0.373. The van der Waals surface area contributed by atoms with Crippen LogP contribution in [0.4, 0.5) is 5.00 Å².